The third kappa shape index (κ3) is 6.49. The number of amides is 1. The molecule has 0 aliphatic rings. The highest BCUT2D eigenvalue weighted by Gasteiger charge is 2.20. The van der Waals surface area contributed by atoms with Crippen LogP contribution < -0.4 is 10.1 Å². The predicted octanol–water partition coefficient (Wildman–Crippen LogP) is 3.15. The van der Waals surface area contributed by atoms with Crippen molar-refractivity contribution in [1.29, 1.82) is 0 Å². The zero-order valence-electron chi connectivity index (χ0n) is 16.0. The molecule has 0 unspecified atom stereocenters. The van der Waals surface area contributed by atoms with E-state index in [-0.39, 0.29) is 24.3 Å². The van der Waals surface area contributed by atoms with E-state index in [0.717, 1.165) is 11.3 Å². The average Bonchev–Trinajstić information content (AvgIpc) is 3.21. The van der Waals surface area contributed by atoms with Crippen molar-refractivity contribution < 1.29 is 24.2 Å². The molecule has 7 heteroatoms. The van der Waals surface area contributed by atoms with Crippen LogP contribution in [-0.2, 0) is 11.2 Å². The molecule has 1 aromatic heterocycles. The molecule has 7 nitrogen and oxygen atoms in total. The number of carboxylic acids is 1. The van der Waals surface area contributed by atoms with Gasteiger partial charge in [0.05, 0.1) is 5.69 Å². The molecule has 0 spiro atoms. The number of aromatic nitrogens is 1. The van der Waals surface area contributed by atoms with Gasteiger partial charge in [-0.3, -0.25) is 9.59 Å². The molecular formula is C22H24N2O5. The summed E-state index contributed by atoms with van der Waals surface area (Å²) in [5.74, 6) is -1.15. The van der Waals surface area contributed by atoms with E-state index in [1.165, 1.54) is 18.2 Å². The molecule has 1 amide bonds. The van der Waals surface area contributed by atoms with Gasteiger partial charge in [0.2, 0.25) is 0 Å². The monoisotopic (exact) mass is 396 g/mol. The number of H-pyrrole nitrogens is 1. The Morgan fingerprint density at radius 1 is 1.07 bits per heavy atom. The second-order valence-electron chi connectivity index (χ2n) is 6.34. The molecule has 0 bridgehead atoms. The Bertz CT molecular complexity index is 883. The minimum atomic E-state index is -1.15. The van der Waals surface area contributed by atoms with Crippen molar-refractivity contribution in [3.8, 4) is 5.75 Å². The summed E-state index contributed by atoms with van der Waals surface area (Å²) < 4.78 is 5.42. The van der Waals surface area contributed by atoms with Crippen LogP contribution in [0.3, 0.4) is 0 Å². The molecule has 3 N–H and O–H groups in total. The summed E-state index contributed by atoms with van der Waals surface area (Å²) in [7, 11) is 0. The molecule has 1 atom stereocenters. The van der Waals surface area contributed by atoms with Gasteiger partial charge in [-0.1, -0.05) is 30.9 Å². The molecule has 29 heavy (non-hydrogen) atoms. The van der Waals surface area contributed by atoms with Crippen molar-refractivity contribution >= 4 is 17.7 Å². The summed E-state index contributed by atoms with van der Waals surface area (Å²) in [5, 5.41) is 11.5. The first-order valence-electron chi connectivity index (χ1n) is 9.14. The highest BCUT2D eigenvalue weighted by molar-refractivity contribution is 5.99. The molecule has 0 aliphatic carbocycles. The van der Waals surface area contributed by atoms with Gasteiger partial charge in [-0.2, -0.15) is 0 Å². The second kappa shape index (κ2) is 10.7. The summed E-state index contributed by atoms with van der Waals surface area (Å²) in [6.07, 6.45) is 3.99. The molecule has 1 heterocycles. The fraction of sp³-hybridized carbons (Fsp3) is 0.227. The number of aliphatic carboxylic acids is 1. The van der Waals surface area contributed by atoms with E-state index in [4.69, 9.17) is 9.84 Å². The van der Waals surface area contributed by atoms with E-state index >= 15 is 0 Å². The number of aryl methyl sites for hydroxylation is 1. The van der Waals surface area contributed by atoms with E-state index in [2.05, 4.69) is 23.5 Å². The number of carbonyl (C=O) groups excluding carboxylic acids is 2. The SMILES string of the molecule is C=CCOc1ccc(CCC(=O)c2ccc(C(=O)N[C@@H](CC=C)C(=O)O)[nH]2)cc1. The van der Waals surface area contributed by atoms with Crippen LogP contribution in [0.4, 0.5) is 0 Å². The van der Waals surface area contributed by atoms with Crippen LogP contribution in [0.1, 0.15) is 39.4 Å². The Kier molecular flexibility index (Phi) is 7.97. The van der Waals surface area contributed by atoms with Crippen molar-refractivity contribution in [2.45, 2.75) is 25.3 Å². The highest BCUT2D eigenvalue weighted by atomic mass is 16.5. The lowest BCUT2D eigenvalue weighted by Gasteiger charge is -2.11. The third-order valence-corrected chi connectivity index (χ3v) is 4.17. The van der Waals surface area contributed by atoms with Crippen molar-refractivity contribution in [2.75, 3.05) is 6.61 Å². The molecule has 152 valence electrons. The van der Waals surface area contributed by atoms with Crippen LogP contribution >= 0.6 is 0 Å². The number of ether oxygens (including phenoxy) is 1. The lowest BCUT2D eigenvalue weighted by molar-refractivity contribution is -0.139. The summed E-state index contributed by atoms with van der Waals surface area (Å²) in [4.78, 5) is 38.5. The second-order valence-corrected chi connectivity index (χ2v) is 6.34. The Balaban J connectivity index is 1.91. The van der Waals surface area contributed by atoms with Crippen LogP contribution in [0.15, 0.2) is 61.7 Å². The molecule has 0 saturated heterocycles. The molecule has 0 saturated carbocycles. The molecule has 0 aliphatic heterocycles. The van der Waals surface area contributed by atoms with Gasteiger partial charge in [0.1, 0.15) is 24.1 Å². The summed E-state index contributed by atoms with van der Waals surface area (Å²) >= 11 is 0. The maximum atomic E-state index is 12.4. The van der Waals surface area contributed by atoms with Crippen LogP contribution in [0.2, 0.25) is 0 Å². The van der Waals surface area contributed by atoms with Gasteiger partial charge in [0.15, 0.2) is 5.78 Å². The maximum absolute atomic E-state index is 12.4. The van der Waals surface area contributed by atoms with Crippen molar-refractivity contribution in [3.05, 3.63) is 78.7 Å². The van der Waals surface area contributed by atoms with E-state index < -0.39 is 17.9 Å². The zero-order valence-corrected chi connectivity index (χ0v) is 16.0. The van der Waals surface area contributed by atoms with Gasteiger partial charge >= 0.3 is 5.97 Å². The zero-order chi connectivity index (χ0) is 21.2. The van der Waals surface area contributed by atoms with Crippen molar-refractivity contribution in [3.63, 3.8) is 0 Å². The maximum Gasteiger partial charge on any atom is 0.326 e. The number of aromatic amines is 1. The number of carboxylic acid groups (broad SMARTS) is 1. The Morgan fingerprint density at radius 3 is 2.38 bits per heavy atom. The molecule has 2 aromatic rings. The highest BCUT2D eigenvalue weighted by Crippen LogP contribution is 2.15. The number of nitrogens with one attached hydrogen (secondary N) is 2. The largest absolute Gasteiger partial charge is 0.490 e. The van der Waals surface area contributed by atoms with E-state index in [9.17, 15) is 14.4 Å². The van der Waals surface area contributed by atoms with Crippen LogP contribution in [0.25, 0.3) is 0 Å². The number of Topliss-reactive ketones (excluding diaryl/α,β-unsaturated/α-hetero) is 1. The standard InChI is InChI=1S/C22H24N2O5/c1-3-5-19(22(27)28)24-21(26)18-12-11-17(23-18)20(25)13-8-15-6-9-16(10-7-15)29-14-4-2/h3-4,6-7,9-12,19,23H,1-2,5,8,13-14H2,(H,24,26)(H,27,28)/t19-/m0/s1. The van der Waals surface area contributed by atoms with Gasteiger partial charge < -0.3 is 20.1 Å². The molecular weight excluding hydrogens is 372 g/mol. The minimum absolute atomic E-state index is 0.102. The fourth-order valence-corrected chi connectivity index (χ4v) is 2.61. The quantitative estimate of drug-likeness (QED) is 0.377. The average molecular weight is 396 g/mol. The predicted molar refractivity (Wildman–Crippen MR) is 109 cm³/mol. The summed E-state index contributed by atoms with van der Waals surface area (Å²) in [6, 6.07) is 9.37. The van der Waals surface area contributed by atoms with E-state index in [0.29, 0.717) is 18.7 Å². The molecule has 0 fully saturated rings. The van der Waals surface area contributed by atoms with Crippen LogP contribution in [-0.4, -0.2) is 40.4 Å². The summed E-state index contributed by atoms with van der Waals surface area (Å²) in [6.45, 7) is 7.50. The third-order valence-electron chi connectivity index (χ3n) is 4.17. The Hall–Kier alpha value is -3.61. The Labute approximate surface area is 169 Å². The van der Waals surface area contributed by atoms with Gasteiger partial charge in [-0.15, -0.1) is 6.58 Å². The number of hydrogen-bond acceptors (Lipinski definition) is 4. The normalized spacial score (nSPS) is 11.3. The minimum Gasteiger partial charge on any atom is -0.490 e. The van der Waals surface area contributed by atoms with Crippen molar-refractivity contribution in [1.82, 2.24) is 10.3 Å². The first kappa shape index (κ1) is 21.7. The summed E-state index contributed by atoms with van der Waals surface area (Å²) in [5.41, 5.74) is 1.42. The van der Waals surface area contributed by atoms with Gasteiger partial charge in [-0.25, -0.2) is 4.79 Å². The number of carbonyl (C=O) groups is 3. The van der Waals surface area contributed by atoms with Crippen LogP contribution in [0, 0.1) is 0 Å². The topological polar surface area (TPSA) is 108 Å². The number of hydrogen-bond donors (Lipinski definition) is 3. The van der Waals surface area contributed by atoms with Gasteiger partial charge in [-0.05, 0) is 42.7 Å². The smallest absolute Gasteiger partial charge is 0.326 e. The van der Waals surface area contributed by atoms with Gasteiger partial charge in [0, 0.05) is 6.42 Å². The number of benzene rings is 1. The first-order chi connectivity index (χ1) is 13.9. The van der Waals surface area contributed by atoms with E-state index in [1.807, 2.05) is 24.3 Å². The molecule has 0 radical (unpaired) electrons. The number of rotatable bonds is 12. The van der Waals surface area contributed by atoms with Gasteiger partial charge in [0.25, 0.3) is 5.91 Å². The van der Waals surface area contributed by atoms with Crippen molar-refractivity contribution in [2.24, 2.45) is 0 Å². The Morgan fingerprint density at radius 2 is 1.76 bits per heavy atom. The molecule has 2 rings (SSSR count). The molecule has 1 aromatic carbocycles. The first-order valence-corrected chi connectivity index (χ1v) is 9.14. The lowest BCUT2D eigenvalue weighted by Crippen LogP contribution is -2.40. The number of ketones is 1. The lowest BCUT2D eigenvalue weighted by atomic mass is 10.1. The fourth-order valence-electron chi connectivity index (χ4n) is 2.61. The van der Waals surface area contributed by atoms with Crippen LogP contribution in [0.5, 0.6) is 5.75 Å². The van der Waals surface area contributed by atoms with E-state index in [1.54, 1.807) is 6.08 Å².